The van der Waals surface area contributed by atoms with Crippen LogP contribution in [0.5, 0.6) is 11.5 Å². The number of aromatic hydroxyl groups is 1. The second-order valence-electron chi connectivity index (χ2n) is 7.74. The maximum Gasteiger partial charge on any atom is 0.250 e. The first-order valence-corrected chi connectivity index (χ1v) is 11.9. The number of hydrogen-bond donors (Lipinski definition) is 2. The fraction of sp³-hybridized carbons (Fsp3) is 0.154. The lowest BCUT2D eigenvalue weighted by Crippen LogP contribution is -2.21. The van der Waals surface area contributed by atoms with Crippen LogP contribution in [0.25, 0.3) is 17.1 Å². The van der Waals surface area contributed by atoms with Crippen molar-refractivity contribution >= 4 is 23.4 Å². The van der Waals surface area contributed by atoms with Crippen LogP contribution in [-0.4, -0.2) is 44.4 Å². The third-order valence-corrected chi connectivity index (χ3v) is 6.18. The summed E-state index contributed by atoms with van der Waals surface area (Å²) in [6.45, 7) is 3.75. The number of phenolic OH excluding ortho intramolecular Hbond substituents is 1. The Bertz CT molecular complexity index is 1350. The summed E-state index contributed by atoms with van der Waals surface area (Å²) in [7, 11) is 1.62. The highest BCUT2D eigenvalue weighted by atomic mass is 32.2. The number of rotatable bonds is 8. The molecule has 0 spiro atoms. The lowest BCUT2D eigenvalue weighted by atomic mass is 10.1. The number of aromatic nitrogens is 3. The molecule has 4 rings (SSSR count). The van der Waals surface area contributed by atoms with Crippen LogP contribution >= 0.6 is 11.8 Å². The molecule has 0 unspecified atom stereocenters. The van der Waals surface area contributed by atoms with Gasteiger partial charge in [0.2, 0.25) is 0 Å². The minimum absolute atomic E-state index is 0.0875. The van der Waals surface area contributed by atoms with Crippen LogP contribution < -0.4 is 10.2 Å². The fourth-order valence-corrected chi connectivity index (χ4v) is 4.11. The van der Waals surface area contributed by atoms with Gasteiger partial charge in [0.15, 0.2) is 11.0 Å². The Morgan fingerprint density at radius 1 is 1.06 bits per heavy atom. The first-order valence-electron chi connectivity index (χ1n) is 10.9. The first-order chi connectivity index (χ1) is 17.0. The molecular weight excluding hydrogens is 462 g/mol. The van der Waals surface area contributed by atoms with Gasteiger partial charge in [0.1, 0.15) is 11.5 Å². The van der Waals surface area contributed by atoms with Crippen molar-refractivity contribution in [2.24, 2.45) is 5.10 Å². The predicted octanol–water partition coefficient (Wildman–Crippen LogP) is 4.59. The Labute approximate surface area is 207 Å². The molecule has 3 aromatic carbocycles. The van der Waals surface area contributed by atoms with E-state index in [-0.39, 0.29) is 17.4 Å². The Morgan fingerprint density at radius 2 is 1.77 bits per heavy atom. The van der Waals surface area contributed by atoms with Gasteiger partial charge in [-0.1, -0.05) is 41.6 Å². The Balaban J connectivity index is 1.54. The molecule has 0 atom stereocenters. The number of hydrogen-bond acceptors (Lipinski definition) is 7. The molecule has 0 aliphatic rings. The predicted molar refractivity (Wildman–Crippen MR) is 137 cm³/mol. The highest BCUT2D eigenvalue weighted by Gasteiger charge is 2.17. The summed E-state index contributed by atoms with van der Waals surface area (Å²) >= 11 is 1.26. The normalized spacial score (nSPS) is 11.3. The van der Waals surface area contributed by atoms with Gasteiger partial charge in [-0.25, -0.2) is 5.43 Å². The largest absolute Gasteiger partial charge is 0.507 e. The lowest BCUT2D eigenvalue weighted by Gasteiger charge is -2.11. The number of para-hydroxylation sites is 1. The Morgan fingerprint density at radius 3 is 2.46 bits per heavy atom. The fourth-order valence-electron chi connectivity index (χ4n) is 3.37. The number of nitrogens with zero attached hydrogens (tertiary/aromatic N) is 4. The van der Waals surface area contributed by atoms with E-state index < -0.39 is 0 Å². The SMILES string of the molecule is COc1ccc(-c2nnc(SCC(=O)N/N=C(/C)c3ccccc3O)n2-c2ccc(C)cc2)cc1. The summed E-state index contributed by atoms with van der Waals surface area (Å²) in [5.41, 5.74) is 6.51. The molecule has 178 valence electrons. The van der Waals surface area contributed by atoms with Crippen LogP contribution in [0.1, 0.15) is 18.1 Å². The maximum absolute atomic E-state index is 12.5. The molecule has 0 aliphatic carbocycles. The van der Waals surface area contributed by atoms with Gasteiger partial charge in [-0.15, -0.1) is 10.2 Å². The molecule has 8 nitrogen and oxygen atoms in total. The number of aryl methyl sites for hydroxylation is 1. The summed E-state index contributed by atoms with van der Waals surface area (Å²) in [5, 5.41) is 23.4. The van der Waals surface area contributed by atoms with Crippen molar-refractivity contribution in [3.8, 4) is 28.6 Å². The topological polar surface area (TPSA) is 102 Å². The van der Waals surface area contributed by atoms with E-state index >= 15 is 0 Å². The number of benzene rings is 3. The van der Waals surface area contributed by atoms with Crippen molar-refractivity contribution < 1.29 is 14.6 Å². The number of hydrazone groups is 1. The minimum atomic E-state index is -0.297. The smallest absolute Gasteiger partial charge is 0.250 e. The zero-order valence-corrected chi connectivity index (χ0v) is 20.4. The van der Waals surface area contributed by atoms with Gasteiger partial charge in [-0.3, -0.25) is 9.36 Å². The summed E-state index contributed by atoms with van der Waals surface area (Å²) in [6, 6.07) is 22.4. The monoisotopic (exact) mass is 487 g/mol. The molecule has 1 amide bonds. The Hall–Kier alpha value is -4.11. The molecule has 4 aromatic rings. The minimum Gasteiger partial charge on any atom is -0.507 e. The maximum atomic E-state index is 12.5. The number of methoxy groups -OCH3 is 1. The number of ether oxygens (including phenoxy) is 1. The highest BCUT2D eigenvalue weighted by molar-refractivity contribution is 7.99. The second kappa shape index (κ2) is 10.9. The van der Waals surface area contributed by atoms with Crippen LogP contribution in [0, 0.1) is 6.92 Å². The van der Waals surface area contributed by atoms with E-state index in [0.717, 1.165) is 22.6 Å². The number of carbonyl (C=O) groups excluding carboxylic acids is 1. The van der Waals surface area contributed by atoms with Crippen LogP contribution in [0.15, 0.2) is 83.1 Å². The van der Waals surface area contributed by atoms with E-state index in [1.807, 2.05) is 60.0 Å². The van der Waals surface area contributed by atoms with Gasteiger partial charge in [-0.05, 0) is 62.4 Å². The van der Waals surface area contributed by atoms with Crippen molar-refractivity contribution in [1.29, 1.82) is 0 Å². The van der Waals surface area contributed by atoms with Crippen molar-refractivity contribution in [1.82, 2.24) is 20.2 Å². The van der Waals surface area contributed by atoms with Gasteiger partial charge >= 0.3 is 0 Å². The summed E-state index contributed by atoms with van der Waals surface area (Å²) < 4.78 is 7.19. The zero-order valence-electron chi connectivity index (χ0n) is 19.6. The van der Waals surface area contributed by atoms with Crippen molar-refractivity contribution in [3.05, 3.63) is 83.9 Å². The lowest BCUT2D eigenvalue weighted by molar-refractivity contribution is -0.118. The van der Waals surface area contributed by atoms with E-state index in [9.17, 15) is 9.90 Å². The van der Waals surface area contributed by atoms with Crippen molar-refractivity contribution in [2.75, 3.05) is 12.9 Å². The van der Waals surface area contributed by atoms with Crippen molar-refractivity contribution in [2.45, 2.75) is 19.0 Å². The molecule has 0 saturated heterocycles. The van der Waals surface area contributed by atoms with Crippen LogP contribution in [0.3, 0.4) is 0 Å². The molecule has 1 heterocycles. The van der Waals surface area contributed by atoms with Crippen LogP contribution in [0.2, 0.25) is 0 Å². The quantitative estimate of drug-likeness (QED) is 0.214. The molecule has 0 saturated carbocycles. The van der Waals surface area contributed by atoms with Gasteiger partial charge in [0, 0.05) is 16.8 Å². The highest BCUT2D eigenvalue weighted by Crippen LogP contribution is 2.29. The standard InChI is InChI=1S/C26H25N5O3S/c1-17-8-12-20(13-9-17)31-25(19-10-14-21(34-3)15-11-19)29-30-26(31)35-16-24(33)28-27-18(2)22-6-4-5-7-23(22)32/h4-15,32H,16H2,1-3H3,(H,28,33)/b27-18-. The first kappa shape index (κ1) is 24.0. The van der Waals surface area contributed by atoms with E-state index in [0.29, 0.717) is 22.3 Å². The molecule has 35 heavy (non-hydrogen) atoms. The van der Waals surface area contributed by atoms with E-state index in [2.05, 4.69) is 20.7 Å². The second-order valence-corrected chi connectivity index (χ2v) is 8.69. The number of phenols is 1. The van der Waals surface area contributed by atoms with Crippen LogP contribution in [-0.2, 0) is 4.79 Å². The van der Waals surface area contributed by atoms with E-state index in [4.69, 9.17) is 4.74 Å². The molecule has 0 radical (unpaired) electrons. The van der Waals surface area contributed by atoms with Crippen LogP contribution in [0.4, 0.5) is 0 Å². The molecule has 0 fully saturated rings. The number of nitrogens with one attached hydrogen (secondary N) is 1. The summed E-state index contributed by atoms with van der Waals surface area (Å²) in [4.78, 5) is 12.5. The van der Waals surface area contributed by atoms with Gasteiger partial charge in [0.05, 0.1) is 18.6 Å². The molecular formula is C26H25N5O3S. The molecule has 2 N–H and O–H groups in total. The third-order valence-electron chi connectivity index (χ3n) is 5.25. The molecule has 0 bridgehead atoms. The summed E-state index contributed by atoms with van der Waals surface area (Å²) in [6.07, 6.45) is 0. The van der Waals surface area contributed by atoms with Gasteiger partial charge in [-0.2, -0.15) is 5.10 Å². The average Bonchev–Trinajstić information content (AvgIpc) is 3.30. The number of amides is 1. The van der Waals surface area contributed by atoms with E-state index in [1.54, 1.807) is 38.3 Å². The third kappa shape index (κ3) is 5.70. The average molecular weight is 488 g/mol. The molecule has 9 heteroatoms. The van der Waals surface area contributed by atoms with E-state index in [1.165, 1.54) is 11.8 Å². The number of carbonyl (C=O) groups is 1. The molecule has 1 aromatic heterocycles. The van der Waals surface area contributed by atoms with Gasteiger partial charge < -0.3 is 9.84 Å². The summed E-state index contributed by atoms with van der Waals surface area (Å²) in [5.74, 6) is 1.31. The number of thioether (sulfide) groups is 1. The zero-order chi connectivity index (χ0) is 24.8. The van der Waals surface area contributed by atoms with Gasteiger partial charge in [0.25, 0.3) is 5.91 Å². The Kier molecular flexibility index (Phi) is 7.47. The van der Waals surface area contributed by atoms with Crippen molar-refractivity contribution in [3.63, 3.8) is 0 Å². The molecule has 0 aliphatic heterocycles.